The van der Waals surface area contributed by atoms with Crippen molar-refractivity contribution in [2.45, 2.75) is 37.5 Å². The van der Waals surface area contributed by atoms with Crippen LogP contribution in [0.5, 0.6) is 0 Å². The smallest absolute Gasteiger partial charge is 0.167 e. The molecule has 1 aliphatic heterocycles. The lowest BCUT2D eigenvalue weighted by molar-refractivity contribution is -0.0511. The molecule has 0 amide bonds. The van der Waals surface area contributed by atoms with E-state index in [1.807, 2.05) is 37.3 Å². The van der Waals surface area contributed by atoms with Crippen LogP contribution in [0.2, 0.25) is 0 Å². The standard InChI is InChI=1S/C18H21N5O4/c1-10(11-5-3-2-4-6-11)22-16-13-17(20-8-19-16)23(9-21-13)18-15(26)14(25)12(7-24)27-18/h2-6,8-10,12,14-15,18,24-26H,7H2,1H3,(H,19,20,22)/t10?,12-,14+,15?,18-/m1/s1. The van der Waals surface area contributed by atoms with Crippen LogP contribution in [0, 0.1) is 0 Å². The highest BCUT2D eigenvalue weighted by molar-refractivity contribution is 5.82. The van der Waals surface area contributed by atoms with Crippen LogP contribution in [0.3, 0.4) is 0 Å². The predicted octanol–water partition coefficient (Wildman–Crippen LogP) is 0.611. The van der Waals surface area contributed by atoms with Crippen molar-refractivity contribution in [2.75, 3.05) is 11.9 Å². The number of hydrogen-bond donors (Lipinski definition) is 4. The molecule has 1 fully saturated rings. The lowest BCUT2D eigenvalue weighted by Crippen LogP contribution is -2.33. The Hall–Kier alpha value is -2.59. The second-order valence-electron chi connectivity index (χ2n) is 6.55. The van der Waals surface area contributed by atoms with E-state index in [0.29, 0.717) is 17.0 Å². The Morgan fingerprint density at radius 1 is 1.15 bits per heavy atom. The SMILES string of the molecule is CC(Nc1ncnc2c1ncn2[C@@H]1O[C@H](CO)[C@H](O)C1O)c1ccccc1. The number of ether oxygens (including phenoxy) is 1. The zero-order valence-corrected chi connectivity index (χ0v) is 14.7. The Labute approximate surface area is 155 Å². The highest BCUT2D eigenvalue weighted by Crippen LogP contribution is 2.32. The third-order valence-electron chi connectivity index (χ3n) is 4.80. The summed E-state index contributed by atoms with van der Waals surface area (Å²) in [6, 6.07) is 9.95. The predicted molar refractivity (Wildman–Crippen MR) is 96.8 cm³/mol. The number of fused-ring (bicyclic) bond motifs is 1. The van der Waals surface area contributed by atoms with Gasteiger partial charge in [-0.2, -0.15) is 0 Å². The minimum Gasteiger partial charge on any atom is -0.394 e. The average Bonchev–Trinajstić information content (AvgIpc) is 3.25. The Morgan fingerprint density at radius 2 is 1.93 bits per heavy atom. The van der Waals surface area contributed by atoms with Crippen molar-refractivity contribution in [3.05, 3.63) is 48.5 Å². The number of aliphatic hydroxyl groups excluding tert-OH is 3. The van der Waals surface area contributed by atoms with Gasteiger partial charge in [0.2, 0.25) is 0 Å². The number of nitrogens with one attached hydrogen (secondary N) is 1. The quantitative estimate of drug-likeness (QED) is 0.514. The Bertz CT molecular complexity index is 919. The largest absolute Gasteiger partial charge is 0.394 e. The first-order valence-corrected chi connectivity index (χ1v) is 8.71. The minimum atomic E-state index is -1.20. The van der Waals surface area contributed by atoms with Crippen LogP contribution in [0.25, 0.3) is 11.2 Å². The summed E-state index contributed by atoms with van der Waals surface area (Å²) in [6.45, 7) is 1.63. The molecule has 2 aromatic heterocycles. The molecule has 0 radical (unpaired) electrons. The van der Waals surface area contributed by atoms with Gasteiger partial charge < -0.3 is 25.4 Å². The molecule has 0 aliphatic carbocycles. The number of aromatic nitrogens is 4. The molecule has 0 bridgehead atoms. The maximum absolute atomic E-state index is 10.3. The van der Waals surface area contributed by atoms with Crippen molar-refractivity contribution in [1.82, 2.24) is 19.5 Å². The van der Waals surface area contributed by atoms with Crippen LogP contribution in [-0.2, 0) is 4.74 Å². The maximum atomic E-state index is 10.3. The van der Waals surface area contributed by atoms with Gasteiger partial charge in [-0.05, 0) is 12.5 Å². The number of aliphatic hydroxyl groups is 3. The monoisotopic (exact) mass is 371 g/mol. The second-order valence-corrected chi connectivity index (χ2v) is 6.55. The van der Waals surface area contributed by atoms with E-state index >= 15 is 0 Å². The highest BCUT2D eigenvalue weighted by Gasteiger charge is 2.44. The van der Waals surface area contributed by atoms with E-state index < -0.39 is 31.1 Å². The summed E-state index contributed by atoms with van der Waals surface area (Å²) in [5, 5.41) is 32.8. The normalized spacial score (nSPS) is 26.4. The average molecular weight is 371 g/mol. The van der Waals surface area contributed by atoms with E-state index in [4.69, 9.17) is 4.74 Å². The van der Waals surface area contributed by atoms with Crippen LogP contribution in [0.15, 0.2) is 43.0 Å². The van der Waals surface area contributed by atoms with Crippen LogP contribution < -0.4 is 5.32 Å². The Kier molecular flexibility index (Phi) is 4.75. The van der Waals surface area contributed by atoms with Crippen molar-refractivity contribution in [3.8, 4) is 0 Å². The van der Waals surface area contributed by atoms with E-state index in [9.17, 15) is 15.3 Å². The molecule has 4 rings (SSSR count). The topological polar surface area (TPSA) is 126 Å². The Morgan fingerprint density at radius 3 is 2.63 bits per heavy atom. The fourth-order valence-corrected chi connectivity index (χ4v) is 3.28. The van der Waals surface area contributed by atoms with Gasteiger partial charge >= 0.3 is 0 Å². The van der Waals surface area contributed by atoms with Crippen molar-refractivity contribution in [1.29, 1.82) is 0 Å². The molecular formula is C18H21N5O4. The summed E-state index contributed by atoms with van der Waals surface area (Å²) in [5.74, 6) is 0.557. The summed E-state index contributed by atoms with van der Waals surface area (Å²) in [7, 11) is 0. The highest BCUT2D eigenvalue weighted by atomic mass is 16.6. The summed E-state index contributed by atoms with van der Waals surface area (Å²) < 4.78 is 7.11. The molecule has 1 saturated heterocycles. The van der Waals surface area contributed by atoms with Gasteiger partial charge in [-0.3, -0.25) is 4.57 Å². The lowest BCUT2D eigenvalue weighted by atomic mass is 10.1. The van der Waals surface area contributed by atoms with Gasteiger partial charge in [0.25, 0.3) is 0 Å². The van der Waals surface area contributed by atoms with E-state index in [1.54, 1.807) is 4.57 Å². The van der Waals surface area contributed by atoms with Gasteiger partial charge in [0, 0.05) is 0 Å². The number of anilines is 1. The first-order chi connectivity index (χ1) is 13.1. The molecule has 5 atom stereocenters. The summed E-state index contributed by atoms with van der Waals surface area (Å²) in [5.41, 5.74) is 2.09. The van der Waals surface area contributed by atoms with E-state index in [1.165, 1.54) is 12.7 Å². The van der Waals surface area contributed by atoms with Crippen molar-refractivity contribution in [2.24, 2.45) is 0 Å². The maximum Gasteiger partial charge on any atom is 0.167 e. The lowest BCUT2D eigenvalue weighted by Gasteiger charge is -2.17. The van der Waals surface area contributed by atoms with Gasteiger partial charge in [-0.25, -0.2) is 15.0 Å². The van der Waals surface area contributed by atoms with Gasteiger partial charge in [0.1, 0.15) is 24.6 Å². The first kappa shape index (κ1) is 17.8. The van der Waals surface area contributed by atoms with Crippen molar-refractivity contribution < 1.29 is 20.1 Å². The fourth-order valence-electron chi connectivity index (χ4n) is 3.28. The molecule has 1 aromatic carbocycles. The number of rotatable bonds is 5. The third kappa shape index (κ3) is 3.15. The van der Waals surface area contributed by atoms with Crippen LogP contribution >= 0.6 is 0 Å². The van der Waals surface area contributed by atoms with E-state index in [-0.39, 0.29) is 6.04 Å². The zero-order chi connectivity index (χ0) is 19.0. The number of hydrogen-bond acceptors (Lipinski definition) is 8. The fraction of sp³-hybridized carbons (Fsp3) is 0.389. The molecule has 142 valence electrons. The molecule has 0 saturated carbocycles. The molecule has 0 spiro atoms. The van der Waals surface area contributed by atoms with Gasteiger partial charge in [-0.15, -0.1) is 0 Å². The van der Waals surface area contributed by atoms with Gasteiger partial charge in [0.15, 0.2) is 23.2 Å². The second kappa shape index (κ2) is 7.20. The number of benzene rings is 1. The Balaban J connectivity index is 1.64. The molecule has 4 N–H and O–H groups in total. The molecule has 9 heteroatoms. The molecule has 27 heavy (non-hydrogen) atoms. The van der Waals surface area contributed by atoms with Crippen LogP contribution in [0.4, 0.5) is 5.82 Å². The van der Waals surface area contributed by atoms with Crippen molar-refractivity contribution in [3.63, 3.8) is 0 Å². The van der Waals surface area contributed by atoms with E-state index in [0.717, 1.165) is 5.56 Å². The summed E-state index contributed by atoms with van der Waals surface area (Å²) in [6.07, 6.45) is -1.25. The summed E-state index contributed by atoms with van der Waals surface area (Å²) in [4.78, 5) is 12.9. The third-order valence-corrected chi connectivity index (χ3v) is 4.80. The van der Waals surface area contributed by atoms with Crippen molar-refractivity contribution >= 4 is 17.0 Å². The molecule has 9 nitrogen and oxygen atoms in total. The minimum absolute atomic E-state index is 0.00311. The zero-order valence-electron chi connectivity index (χ0n) is 14.7. The molecular weight excluding hydrogens is 350 g/mol. The number of imidazole rings is 1. The first-order valence-electron chi connectivity index (χ1n) is 8.71. The molecule has 3 heterocycles. The summed E-state index contributed by atoms with van der Waals surface area (Å²) >= 11 is 0. The van der Waals surface area contributed by atoms with Crippen LogP contribution in [0.1, 0.15) is 24.8 Å². The molecule has 1 aliphatic rings. The molecule has 3 aromatic rings. The van der Waals surface area contributed by atoms with Crippen LogP contribution in [-0.4, -0.2) is 59.8 Å². The van der Waals surface area contributed by atoms with Gasteiger partial charge in [0.05, 0.1) is 19.0 Å². The molecule has 2 unspecified atom stereocenters. The van der Waals surface area contributed by atoms with E-state index in [2.05, 4.69) is 20.3 Å². The number of nitrogens with zero attached hydrogens (tertiary/aromatic N) is 4. The van der Waals surface area contributed by atoms with Gasteiger partial charge in [-0.1, -0.05) is 30.3 Å².